The molecule has 118 valence electrons. The topological polar surface area (TPSA) is 82.2 Å². The molecule has 1 amide bonds. The van der Waals surface area contributed by atoms with Crippen LogP contribution in [0.3, 0.4) is 0 Å². The Morgan fingerprint density at radius 3 is 3.17 bits per heavy atom. The molecule has 3 aromatic rings. The smallest absolute Gasteiger partial charge is 0.230 e. The van der Waals surface area contributed by atoms with Gasteiger partial charge in [0.1, 0.15) is 5.69 Å². The quantitative estimate of drug-likeness (QED) is 0.798. The second-order valence-electron chi connectivity index (χ2n) is 5.58. The summed E-state index contributed by atoms with van der Waals surface area (Å²) < 4.78 is 12.4. The highest BCUT2D eigenvalue weighted by Crippen LogP contribution is 2.21. The average Bonchev–Trinajstić information content (AvgIpc) is 3.27. The molecule has 2 aromatic heterocycles. The van der Waals surface area contributed by atoms with Crippen molar-refractivity contribution in [2.45, 2.75) is 18.9 Å². The van der Waals surface area contributed by atoms with E-state index in [0.717, 1.165) is 18.4 Å². The number of anilines is 1. The molecule has 1 aromatic carbocycles. The highest BCUT2D eigenvalue weighted by molar-refractivity contribution is 5.94. The number of fused-ring (bicyclic) bond motifs is 1. The number of ether oxygens (including phenoxy) is 1. The molecule has 23 heavy (non-hydrogen) atoms. The predicted molar refractivity (Wildman–Crippen MR) is 83.0 cm³/mol. The summed E-state index contributed by atoms with van der Waals surface area (Å²) in [6, 6.07) is 7.75. The van der Waals surface area contributed by atoms with E-state index in [9.17, 15) is 4.79 Å². The fourth-order valence-electron chi connectivity index (χ4n) is 2.76. The van der Waals surface area contributed by atoms with Gasteiger partial charge in [0.25, 0.3) is 0 Å². The van der Waals surface area contributed by atoms with Gasteiger partial charge in [-0.2, -0.15) is 5.10 Å². The van der Waals surface area contributed by atoms with Gasteiger partial charge in [0, 0.05) is 18.2 Å². The van der Waals surface area contributed by atoms with Crippen molar-refractivity contribution in [3.05, 3.63) is 42.4 Å². The van der Waals surface area contributed by atoms with E-state index in [1.807, 2.05) is 35.1 Å². The zero-order valence-corrected chi connectivity index (χ0v) is 12.4. The Kier molecular flexibility index (Phi) is 3.55. The number of nitrogens with zero attached hydrogens (tertiary/aromatic N) is 3. The first-order valence-electron chi connectivity index (χ1n) is 7.54. The van der Waals surface area contributed by atoms with E-state index in [1.165, 1.54) is 0 Å². The number of benzene rings is 1. The summed E-state index contributed by atoms with van der Waals surface area (Å²) in [6.07, 6.45) is 4.59. The van der Waals surface area contributed by atoms with Gasteiger partial charge in [-0.25, -0.2) is 0 Å². The number of nitrogens with one attached hydrogen (secondary N) is 1. The Hall–Kier alpha value is -2.67. The van der Waals surface area contributed by atoms with Gasteiger partial charge in [0.05, 0.1) is 31.0 Å². The minimum Gasteiger partial charge on any atom is -0.379 e. The number of rotatable bonds is 4. The van der Waals surface area contributed by atoms with Crippen LogP contribution in [0.5, 0.6) is 0 Å². The lowest BCUT2D eigenvalue weighted by Crippen LogP contribution is -2.14. The summed E-state index contributed by atoms with van der Waals surface area (Å²) >= 11 is 0. The van der Waals surface area contributed by atoms with Crippen LogP contribution >= 0.6 is 0 Å². The third-order valence-electron chi connectivity index (χ3n) is 3.95. The standard InChI is InChI=1S/C16H16N4O3/c21-16(7-14-13-3-1-2-4-15(13)23-19-14)18-11-8-17-20(9-11)12-5-6-22-10-12/h1-4,8-9,12H,5-7,10H2,(H,18,21)/t12-/m0/s1. The Morgan fingerprint density at radius 1 is 1.39 bits per heavy atom. The number of aromatic nitrogens is 3. The Bertz CT molecular complexity index is 833. The number of para-hydroxylation sites is 1. The maximum atomic E-state index is 12.2. The lowest BCUT2D eigenvalue weighted by molar-refractivity contribution is -0.115. The lowest BCUT2D eigenvalue weighted by atomic mass is 10.1. The lowest BCUT2D eigenvalue weighted by Gasteiger charge is -2.06. The molecule has 1 saturated heterocycles. The van der Waals surface area contributed by atoms with E-state index in [4.69, 9.17) is 9.26 Å². The van der Waals surface area contributed by atoms with Crippen molar-refractivity contribution in [2.75, 3.05) is 18.5 Å². The van der Waals surface area contributed by atoms with Crippen LogP contribution in [0.25, 0.3) is 11.0 Å². The van der Waals surface area contributed by atoms with Crippen molar-refractivity contribution in [1.82, 2.24) is 14.9 Å². The number of hydrogen-bond acceptors (Lipinski definition) is 5. The fraction of sp³-hybridized carbons (Fsp3) is 0.312. The molecule has 1 aliphatic heterocycles. The molecule has 1 aliphatic rings. The van der Waals surface area contributed by atoms with Gasteiger partial charge in [-0.3, -0.25) is 9.48 Å². The number of carbonyl (C=O) groups excluding carboxylic acids is 1. The monoisotopic (exact) mass is 312 g/mol. The summed E-state index contributed by atoms with van der Waals surface area (Å²) in [5.41, 5.74) is 1.99. The summed E-state index contributed by atoms with van der Waals surface area (Å²) in [5.74, 6) is -0.147. The van der Waals surface area contributed by atoms with E-state index in [-0.39, 0.29) is 18.4 Å². The van der Waals surface area contributed by atoms with Crippen molar-refractivity contribution < 1.29 is 14.1 Å². The molecule has 1 atom stereocenters. The summed E-state index contributed by atoms with van der Waals surface area (Å²) in [5, 5.41) is 12.0. The summed E-state index contributed by atoms with van der Waals surface area (Å²) in [6.45, 7) is 1.42. The van der Waals surface area contributed by atoms with Crippen LogP contribution in [-0.4, -0.2) is 34.1 Å². The van der Waals surface area contributed by atoms with Gasteiger partial charge < -0.3 is 14.6 Å². The second kappa shape index (κ2) is 5.85. The van der Waals surface area contributed by atoms with Crippen molar-refractivity contribution in [2.24, 2.45) is 0 Å². The van der Waals surface area contributed by atoms with E-state index in [1.54, 1.807) is 6.20 Å². The largest absolute Gasteiger partial charge is 0.379 e. The van der Waals surface area contributed by atoms with Gasteiger partial charge in [-0.1, -0.05) is 17.3 Å². The molecule has 0 radical (unpaired) electrons. The minimum atomic E-state index is -0.147. The van der Waals surface area contributed by atoms with Crippen molar-refractivity contribution >= 4 is 22.6 Å². The third-order valence-corrected chi connectivity index (χ3v) is 3.95. The van der Waals surface area contributed by atoms with Gasteiger partial charge in [0.15, 0.2) is 5.58 Å². The van der Waals surface area contributed by atoms with Gasteiger partial charge in [-0.15, -0.1) is 0 Å². The molecule has 0 saturated carbocycles. The molecule has 4 rings (SSSR count). The first kappa shape index (κ1) is 14.0. The highest BCUT2D eigenvalue weighted by atomic mass is 16.5. The molecule has 3 heterocycles. The van der Waals surface area contributed by atoms with Crippen molar-refractivity contribution in [1.29, 1.82) is 0 Å². The van der Waals surface area contributed by atoms with E-state index in [2.05, 4.69) is 15.6 Å². The SMILES string of the molecule is O=C(Cc1noc2ccccc12)Nc1cnn([C@H]2CCOC2)c1. The van der Waals surface area contributed by atoms with E-state index >= 15 is 0 Å². The third kappa shape index (κ3) is 2.83. The van der Waals surface area contributed by atoms with Gasteiger partial charge in [-0.05, 0) is 18.6 Å². The molecular weight excluding hydrogens is 296 g/mol. The molecule has 1 fully saturated rings. The van der Waals surface area contributed by atoms with Gasteiger partial charge in [0.2, 0.25) is 5.91 Å². The van der Waals surface area contributed by atoms with E-state index < -0.39 is 0 Å². The molecule has 7 nitrogen and oxygen atoms in total. The van der Waals surface area contributed by atoms with Crippen LogP contribution in [0.15, 0.2) is 41.2 Å². The molecular formula is C16H16N4O3. The predicted octanol–water partition coefficient (Wildman–Crippen LogP) is 2.17. The van der Waals surface area contributed by atoms with Crippen molar-refractivity contribution in [3.63, 3.8) is 0 Å². The highest BCUT2D eigenvalue weighted by Gasteiger charge is 2.19. The first-order valence-corrected chi connectivity index (χ1v) is 7.54. The summed E-state index contributed by atoms with van der Waals surface area (Å²) in [7, 11) is 0. The van der Waals surface area contributed by atoms with Crippen molar-refractivity contribution in [3.8, 4) is 0 Å². The molecule has 0 aliphatic carbocycles. The molecule has 0 bridgehead atoms. The molecule has 1 N–H and O–H groups in total. The van der Waals surface area contributed by atoms with Crippen LogP contribution < -0.4 is 5.32 Å². The van der Waals surface area contributed by atoms with Gasteiger partial charge >= 0.3 is 0 Å². The Morgan fingerprint density at radius 2 is 2.30 bits per heavy atom. The maximum absolute atomic E-state index is 12.2. The van der Waals surface area contributed by atoms with Crippen LogP contribution in [0, 0.1) is 0 Å². The molecule has 7 heteroatoms. The summed E-state index contributed by atoms with van der Waals surface area (Å²) in [4.78, 5) is 12.2. The Labute approximate surface area is 132 Å². The molecule has 0 unspecified atom stereocenters. The normalized spacial score (nSPS) is 17.7. The van der Waals surface area contributed by atoms with Crippen LogP contribution in [0.4, 0.5) is 5.69 Å². The Balaban J connectivity index is 1.43. The first-order chi connectivity index (χ1) is 11.3. The number of carbonyl (C=O) groups is 1. The minimum absolute atomic E-state index is 0.147. The van der Waals surface area contributed by atoms with Crippen LogP contribution in [0.2, 0.25) is 0 Å². The van der Waals surface area contributed by atoms with Crippen LogP contribution in [-0.2, 0) is 16.0 Å². The number of hydrogen-bond donors (Lipinski definition) is 1. The fourth-order valence-corrected chi connectivity index (χ4v) is 2.76. The maximum Gasteiger partial charge on any atom is 0.230 e. The van der Waals surface area contributed by atoms with Crippen LogP contribution in [0.1, 0.15) is 18.2 Å². The zero-order valence-electron chi connectivity index (χ0n) is 12.4. The second-order valence-corrected chi connectivity index (χ2v) is 5.58. The zero-order chi connectivity index (χ0) is 15.6. The number of amides is 1. The van der Waals surface area contributed by atoms with E-state index in [0.29, 0.717) is 23.6 Å². The average molecular weight is 312 g/mol. The molecule has 0 spiro atoms.